The van der Waals surface area contributed by atoms with E-state index in [9.17, 15) is 0 Å². The molecule has 1 N–H and O–H groups in total. The van der Waals surface area contributed by atoms with Gasteiger partial charge < -0.3 is 5.32 Å². The highest BCUT2D eigenvalue weighted by Crippen LogP contribution is 2.53. The summed E-state index contributed by atoms with van der Waals surface area (Å²) in [5, 5.41) is 7.15. The highest BCUT2D eigenvalue weighted by atomic mass is 35.5. The van der Waals surface area contributed by atoms with Crippen LogP contribution in [0.1, 0.15) is 28.2 Å². The lowest BCUT2D eigenvalue weighted by Crippen LogP contribution is -2.57. The zero-order valence-electron chi connectivity index (χ0n) is 18.1. The molecule has 3 heteroatoms. The predicted octanol–water partition coefficient (Wildman–Crippen LogP) is 5.98. The molecular formula is C29H27ClN2. The second-order valence-electron chi connectivity index (χ2n) is 9.00. The molecule has 4 aromatic rings. The van der Waals surface area contributed by atoms with Crippen molar-refractivity contribution in [2.75, 3.05) is 26.2 Å². The maximum Gasteiger partial charge on any atom is 0.0789 e. The number of piperazine rings is 1. The molecule has 1 fully saturated rings. The molecule has 0 spiro atoms. The fourth-order valence-electron chi connectivity index (χ4n) is 6.18. The van der Waals surface area contributed by atoms with E-state index in [2.05, 4.69) is 101 Å². The van der Waals surface area contributed by atoms with E-state index in [0.29, 0.717) is 5.92 Å². The van der Waals surface area contributed by atoms with Crippen molar-refractivity contribution in [3.05, 3.63) is 118 Å². The lowest BCUT2D eigenvalue weighted by molar-refractivity contribution is 0.0803. The van der Waals surface area contributed by atoms with Gasteiger partial charge in [-0.05, 0) is 51.6 Å². The molecule has 6 rings (SSSR count). The molecule has 2 aliphatic rings. The van der Waals surface area contributed by atoms with Gasteiger partial charge >= 0.3 is 0 Å². The first kappa shape index (κ1) is 20.0. The molecule has 0 aromatic heterocycles. The molecule has 4 aromatic carbocycles. The van der Waals surface area contributed by atoms with Crippen LogP contribution in [-0.2, 0) is 12.0 Å². The number of benzene rings is 4. The van der Waals surface area contributed by atoms with Crippen LogP contribution in [0.4, 0.5) is 0 Å². The van der Waals surface area contributed by atoms with E-state index in [4.69, 9.17) is 11.6 Å². The second kappa shape index (κ2) is 8.04. The van der Waals surface area contributed by atoms with E-state index >= 15 is 0 Å². The summed E-state index contributed by atoms with van der Waals surface area (Å²) in [5.74, 6) is 0.324. The Labute approximate surface area is 194 Å². The molecule has 160 valence electrons. The van der Waals surface area contributed by atoms with Crippen LogP contribution < -0.4 is 5.32 Å². The molecule has 0 radical (unpaired) electrons. The quantitative estimate of drug-likeness (QED) is 0.421. The van der Waals surface area contributed by atoms with Gasteiger partial charge in [-0.1, -0.05) is 90.5 Å². The monoisotopic (exact) mass is 438 g/mol. The number of hydrogen-bond acceptors (Lipinski definition) is 2. The van der Waals surface area contributed by atoms with Crippen molar-refractivity contribution in [1.82, 2.24) is 10.2 Å². The molecular weight excluding hydrogens is 412 g/mol. The van der Waals surface area contributed by atoms with Gasteiger partial charge in [-0.25, -0.2) is 0 Å². The third kappa shape index (κ3) is 3.02. The van der Waals surface area contributed by atoms with Gasteiger partial charge in [0.25, 0.3) is 0 Å². The van der Waals surface area contributed by atoms with Gasteiger partial charge in [-0.3, -0.25) is 4.90 Å². The minimum absolute atomic E-state index is 0.263. The Hall–Kier alpha value is -2.65. The average Bonchev–Trinajstić information content (AvgIpc) is 3.23. The lowest BCUT2D eigenvalue weighted by Gasteiger charge is -2.51. The average molecular weight is 439 g/mol. The molecule has 2 unspecified atom stereocenters. The fourth-order valence-corrected chi connectivity index (χ4v) is 6.31. The number of halogens is 1. The first-order valence-electron chi connectivity index (χ1n) is 11.6. The van der Waals surface area contributed by atoms with Crippen LogP contribution in [0.3, 0.4) is 0 Å². The number of hydrogen-bond donors (Lipinski definition) is 1. The number of rotatable bonds is 4. The van der Waals surface area contributed by atoms with Crippen LogP contribution in [0.2, 0.25) is 5.02 Å². The van der Waals surface area contributed by atoms with E-state index in [-0.39, 0.29) is 5.54 Å². The molecule has 1 aliphatic carbocycles. The summed E-state index contributed by atoms with van der Waals surface area (Å²) in [6.07, 6.45) is 1.04. The zero-order chi connectivity index (χ0) is 21.5. The SMILES string of the molecule is Clc1ccc(C(c2ccccc2)(C2Cc3cccc4cccc2c34)N2CCNCC2)cc1. The number of nitrogens with zero attached hydrogens (tertiary/aromatic N) is 1. The van der Waals surface area contributed by atoms with Gasteiger partial charge in [-0.2, -0.15) is 0 Å². The minimum atomic E-state index is -0.263. The highest BCUT2D eigenvalue weighted by molar-refractivity contribution is 6.30. The second-order valence-corrected chi connectivity index (χ2v) is 9.43. The Morgan fingerprint density at radius 1 is 0.750 bits per heavy atom. The largest absolute Gasteiger partial charge is 0.314 e. The van der Waals surface area contributed by atoms with Crippen LogP contribution >= 0.6 is 11.6 Å². The van der Waals surface area contributed by atoms with Gasteiger partial charge in [-0.15, -0.1) is 0 Å². The predicted molar refractivity (Wildman–Crippen MR) is 134 cm³/mol. The molecule has 1 heterocycles. The molecule has 1 saturated heterocycles. The van der Waals surface area contributed by atoms with Crippen molar-refractivity contribution in [3.8, 4) is 0 Å². The van der Waals surface area contributed by atoms with Crippen molar-refractivity contribution in [2.45, 2.75) is 17.9 Å². The van der Waals surface area contributed by atoms with Crippen molar-refractivity contribution in [2.24, 2.45) is 0 Å². The maximum atomic E-state index is 6.37. The normalized spacial score (nSPS) is 20.3. The minimum Gasteiger partial charge on any atom is -0.314 e. The zero-order valence-corrected chi connectivity index (χ0v) is 18.9. The Morgan fingerprint density at radius 3 is 2.19 bits per heavy atom. The molecule has 32 heavy (non-hydrogen) atoms. The van der Waals surface area contributed by atoms with Crippen LogP contribution in [0.25, 0.3) is 10.8 Å². The van der Waals surface area contributed by atoms with Gasteiger partial charge in [0.2, 0.25) is 0 Å². The smallest absolute Gasteiger partial charge is 0.0789 e. The van der Waals surface area contributed by atoms with Gasteiger partial charge in [0.15, 0.2) is 0 Å². The molecule has 2 atom stereocenters. The van der Waals surface area contributed by atoms with Crippen molar-refractivity contribution >= 4 is 22.4 Å². The topological polar surface area (TPSA) is 15.3 Å². The van der Waals surface area contributed by atoms with E-state index in [1.807, 2.05) is 0 Å². The summed E-state index contributed by atoms with van der Waals surface area (Å²) >= 11 is 6.37. The molecule has 0 amide bonds. The standard InChI is InChI=1S/C29H27ClN2/c30-25-14-12-24(13-15-25)29(23-9-2-1-3-10-23,32-18-16-31-17-19-32)27-20-22-8-4-6-21-7-5-11-26(27)28(21)22/h1-15,27,31H,16-20H2. The first-order chi connectivity index (χ1) is 15.8. The third-order valence-corrected chi connectivity index (χ3v) is 7.69. The van der Waals surface area contributed by atoms with Crippen molar-refractivity contribution in [1.29, 1.82) is 0 Å². The van der Waals surface area contributed by atoms with Crippen LogP contribution in [-0.4, -0.2) is 31.1 Å². The molecule has 0 saturated carbocycles. The molecule has 2 nitrogen and oxygen atoms in total. The summed E-state index contributed by atoms with van der Waals surface area (Å²) in [6, 6.07) is 33.4. The Morgan fingerprint density at radius 2 is 1.44 bits per heavy atom. The van der Waals surface area contributed by atoms with Crippen LogP contribution in [0, 0.1) is 0 Å². The summed E-state index contributed by atoms with van der Waals surface area (Å²) in [5.41, 5.74) is 5.35. The molecule has 1 aliphatic heterocycles. The maximum absolute atomic E-state index is 6.37. The third-order valence-electron chi connectivity index (χ3n) is 7.44. The van der Waals surface area contributed by atoms with E-state index in [1.165, 1.54) is 33.0 Å². The fraction of sp³-hybridized carbons (Fsp3) is 0.241. The van der Waals surface area contributed by atoms with Gasteiger partial charge in [0.05, 0.1) is 5.54 Å². The van der Waals surface area contributed by atoms with Crippen molar-refractivity contribution < 1.29 is 0 Å². The summed E-state index contributed by atoms with van der Waals surface area (Å²) < 4.78 is 0. The van der Waals surface area contributed by atoms with Crippen LogP contribution in [0.5, 0.6) is 0 Å². The number of nitrogens with one attached hydrogen (secondary N) is 1. The lowest BCUT2D eigenvalue weighted by atomic mass is 9.68. The Balaban J connectivity index is 1.66. The van der Waals surface area contributed by atoms with Gasteiger partial charge in [0, 0.05) is 37.1 Å². The Kier molecular flexibility index (Phi) is 5.02. The summed E-state index contributed by atoms with van der Waals surface area (Å²) in [4.78, 5) is 2.72. The summed E-state index contributed by atoms with van der Waals surface area (Å²) in [7, 11) is 0. The van der Waals surface area contributed by atoms with E-state index < -0.39 is 0 Å². The first-order valence-corrected chi connectivity index (χ1v) is 11.9. The van der Waals surface area contributed by atoms with E-state index in [1.54, 1.807) is 0 Å². The van der Waals surface area contributed by atoms with Gasteiger partial charge in [0.1, 0.15) is 0 Å². The molecule has 0 bridgehead atoms. The van der Waals surface area contributed by atoms with E-state index in [0.717, 1.165) is 37.6 Å². The highest BCUT2D eigenvalue weighted by Gasteiger charge is 2.49. The Bertz CT molecular complexity index is 1240. The van der Waals surface area contributed by atoms with Crippen LogP contribution in [0.15, 0.2) is 91.0 Å². The summed E-state index contributed by atoms with van der Waals surface area (Å²) in [6.45, 7) is 4.04. The van der Waals surface area contributed by atoms with Crippen molar-refractivity contribution in [3.63, 3.8) is 0 Å².